The third-order valence-corrected chi connectivity index (χ3v) is 3.88. The van der Waals surface area contributed by atoms with Gasteiger partial charge in [0.1, 0.15) is 12.4 Å². The van der Waals surface area contributed by atoms with Crippen molar-refractivity contribution in [1.29, 1.82) is 0 Å². The zero-order chi connectivity index (χ0) is 21.2. The molecule has 0 heterocycles. The molecule has 2 aromatic carbocycles. The van der Waals surface area contributed by atoms with E-state index in [1.54, 1.807) is 0 Å². The van der Waals surface area contributed by atoms with Gasteiger partial charge >= 0.3 is 11.9 Å². The van der Waals surface area contributed by atoms with Crippen molar-refractivity contribution >= 4 is 23.5 Å². The Hall–Kier alpha value is -2.57. The zero-order valence-corrected chi connectivity index (χ0v) is 17.0. The summed E-state index contributed by atoms with van der Waals surface area (Å²) in [6.45, 7) is 8.80. The molecular weight excluding hydrogens is 382 g/mol. The molecule has 0 aliphatic carbocycles. The van der Waals surface area contributed by atoms with E-state index in [0.717, 1.165) is 29.4 Å². The summed E-state index contributed by atoms with van der Waals surface area (Å²) in [5.74, 6) is -2.73. The number of nitrogens with one attached hydrogen (secondary N) is 1. The van der Waals surface area contributed by atoms with Crippen LogP contribution in [0.3, 0.4) is 0 Å². The predicted molar refractivity (Wildman–Crippen MR) is 109 cm³/mol. The summed E-state index contributed by atoms with van der Waals surface area (Å²) in [4.78, 5) is 18.2. The first-order valence-electron chi connectivity index (χ1n) is 8.75. The van der Waals surface area contributed by atoms with Gasteiger partial charge in [-0.3, -0.25) is 0 Å². The minimum atomic E-state index is -1.82. The van der Waals surface area contributed by atoms with Gasteiger partial charge in [-0.1, -0.05) is 62.7 Å². The van der Waals surface area contributed by atoms with E-state index >= 15 is 0 Å². The van der Waals surface area contributed by atoms with Gasteiger partial charge in [0.2, 0.25) is 0 Å². The Kier molecular flexibility index (Phi) is 9.48. The quantitative estimate of drug-likeness (QED) is 0.495. The van der Waals surface area contributed by atoms with Crippen LogP contribution < -0.4 is 10.1 Å². The highest BCUT2D eigenvalue weighted by Crippen LogP contribution is 2.33. The Bertz CT molecular complexity index is 760. The second kappa shape index (κ2) is 11.3. The fraction of sp³-hybridized carbons (Fsp3) is 0.333. The Labute approximate surface area is 170 Å². The highest BCUT2D eigenvalue weighted by atomic mass is 35.5. The molecule has 2 aromatic rings. The van der Waals surface area contributed by atoms with Crippen LogP contribution in [0, 0.1) is 0 Å². The average Bonchev–Trinajstić information content (AvgIpc) is 2.63. The first-order chi connectivity index (χ1) is 13.1. The molecule has 0 atom stereocenters. The van der Waals surface area contributed by atoms with E-state index in [4.69, 9.17) is 36.1 Å². The van der Waals surface area contributed by atoms with Crippen molar-refractivity contribution in [2.75, 3.05) is 13.2 Å². The molecule has 0 saturated heterocycles. The van der Waals surface area contributed by atoms with E-state index < -0.39 is 11.9 Å². The van der Waals surface area contributed by atoms with E-state index in [1.165, 1.54) is 5.56 Å². The van der Waals surface area contributed by atoms with Gasteiger partial charge in [0.25, 0.3) is 0 Å². The number of rotatable bonds is 6. The number of halogens is 1. The lowest BCUT2D eigenvalue weighted by Gasteiger charge is -2.23. The molecular formula is C21H26ClNO5. The summed E-state index contributed by atoms with van der Waals surface area (Å²) in [5.41, 5.74) is 2.44. The molecule has 28 heavy (non-hydrogen) atoms. The number of aliphatic carboxylic acids is 2. The van der Waals surface area contributed by atoms with Crippen LogP contribution in [0.2, 0.25) is 5.02 Å². The normalized spacial score (nSPS) is 10.6. The standard InChI is InChI=1S/C19H24ClNO.C2H2O4/c1-19(2,3)17-13-16(20)9-10-18(17)22-12-11-21-14-15-7-5-4-6-8-15;3-1(4)2(5)6/h4-10,13,21H,11-12,14H2,1-3H3;(H,3,4)(H,5,6). The first-order valence-corrected chi connectivity index (χ1v) is 9.12. The van der Waals surface area contributed by atoms with Crippen molar-refractivity contribution < 1.29 is 24.5 Å². The molecule has 7 heteroatoms. The molecule has 2 rings (SSSR count). The minimum Gasteiger partial charge on any atom is -0.492 e. The lowest BCUT2D eigenvalue weighted by molar-refractivity contribution is -0.159. The van der Waals surface area contributed by atoms with Crippen molar-refractivity contribution in [1.82, 2.24) is 5.32 Å². The topological polar surface area (TPSA) is 95.9 Å². The van der Waals surface area contributed by atoms with Crippen molar-refractivity contribution in [3.05, 3.63) is 64.7 Å². The smallest absolute Gasteiger partial charge is 0.414 e. The first kappa shape index (κ1) is 23.5. The van der Waals surface area contributed by atoms with Crippen molar-refractivity contribution in [3.8, 4) is 5.75 Å². The second-order valence-electron chi connectivity index (χ2n) is 7.01. The van der Waals surface area contributed by atoms with E-state index in [-0.39, 0.29) is 5.41 Å². The highest BCUT2D eigenvalue weighted by Gasteiger charge is 2.19. The van der Waals surface area contributed by atoms with Gasteiger partial charge in [-0.25, -0.2) is 9.59 Å². The number of carbonyl (C=O) groups is 2. The monoisotopic (exact) mass is 407 g/mol. The van der Waals surface area contributed by atoms with Gasteiger partial charge in [-0.15, -0.1) is 0 Å². The number of hydrogen-bond donors (Lipinski definition) is 3. The number of carboxylic acid groups (broad SMARTS) is 2. The molecule has 0 fully saturated rings. The lowest BCUT2D eigenvalue weighted by Crippen LogP contribution is -2.21. The lowest BCUT2D eigenvalue weighted by atomic mass is 9.86. The second-order valence-corrected chi connectivity index (χ2v) is 7.45. The minimum absolute atomic E-state index is 0.0116. The number of hydrogen-bond acceptors (Lipinski definition) is 4. The number of benzene rings is 2. The summed E-state index contributed by atoms with van der Waals surface area (Å²) in [7, 11) is 0. The van der Waals surface area contributed by atoms with Gasteiger partial charge in [-0.05, 0) is 29.2 Å². The molecule has 0 unspecified atom stereocenters. The highest BCUT2D eigenvalue weighted by molar-refractivity contribution is 6.30. The predicted octanol–water partition coefficient (Wildman–Crippen LogP) is 3.96. The molecule has 0 bridgehead atoms. The van der Waals surface area contributed by atoms with Crippen molar-refractivity contribution in [3.63, 3.8) is 0 Å². The van der Waals surface area contributed by atoms with Crippen LogP contribution in [0.15, 0.2) is 48.5 Å². The Morgan fingerprint density at radius 1 is 1.04 bits per heavy atom. The summed E-state index contributed by atoms with van der Waals surface area (Å²) >= 11 is 6.11. The maximum Gasteiger partial charge on any atom is 0.414 e. The van der Waals surface area contributed by atoms with Gasteiger partial charge in [0.15, 0.2) is 0 Å². The van der Waals surface area contributed by atoms with Crippen LogP contribution >= 0.6 is 11.6 Å². The molecule has 0 aliphatic heterocycles. The van der Waals surface area contributed by atoms with Crippen LogP contribution in [0.1, 0.15) is 31.9 Å². The summed E-state index contributed by atoms with van der Waals surface area (Å²) in [5, 5.41) is 18.9. The van der Waals surface area contributed by atoms with Gasteiger partial charge < -0.3 is 20.3 Å². The van der Waals surface area contributed by atoms with Crippen LogP contribution in [0.25, 0.3) is 0 Å². The van der Waals surface area contributed by atoms with E-state index in [9.17, 15) is 0 Å². The van der Waals surface area contributed by atoms with Gasteiger partial charge in [-0.2, -0.15) is 0 Å². The van der Waals surface area contributed by atoms with E-state index in [1.807, 2.05) is 24.3 Å². The fourth-order valence-electron chi connectivity index (χ4n) is 2.28. The molecule has 6 nitrogen and oxygen atoms in total. The Morgan fingerprint density at radius 3 is 2.18 bits per heavy atom. The maximum atomic E-state index is 9.10. The van der Waals surface area contributed by atoms with E-state index in [2.05, 4.69) is 50.4 Å². The molecule has 0 aromatic heterocycles. The van der Waals surface area contributed by atoms with Gasteiger partial charge in [0.05, 0.1) is 0 Å². The molecule has 3 N–H and O–H groups in total. The maximum absolute atomic E-state index is 9.10. The average molecular weight is 408 g/mol. The Balaban J connectivity index is 0.000000568. The van der Waals surface area contributed by atoms with Crippen LogP contribution in [0.4, 0.5) is 0 Å². The molecule has 0 spiro atoms. The van der Waals surface area contributed by atoms with Crippen molar-refractivity contribution in [2.45, 2.75) is 32.7 Å². The summed E-state index contributed by atoms with van der Waals surface area (Å²) in [6, 6.07) is 16.2. The molecule has 152 valence electrons. The third kappa shape index (κ3) is 8.88. The van der Waals surface area contributed by atoms with E-state index in [0.29, 0.717) is 6.61 Å². The Morgan fingerprint density at radius 2 is 1.64 bits per heavy atom. The molecule has 0 aliphatic rings. The summed E-state index contributed by atoms with van der Waals surface area (Å²) in [6.07, 6.45) is 0. The van der Waals surface area contributed by atoms with Crippen LogP contribution in [-0.2, 0) is 21.5 Å². The molecule has 0 radical (unpaired) electrons. The van der Waals surface area contributed by atoms with Crippen LogP contribution in [-0.4, -0.2) is 35.3 Å². The number of ether oxygens (including phenoxy) is 1. The third-order valence-electron chi connectivity index (χ3n) is 3.64. The largest absolute Gasteiger partial charge is 0.492 e. The van der Waals surface area contributed by atoms with Gasteiger partial charge in [0, 0.05) is 23.7 Å². The zero-order valence-electron chi connectivity index (χ0n) is 16.2. The van der Waals surface area contributed by atoms with Crippen molar-refractivity contribution in [2.24, 2.45) is 0 Å². The molecule has 0 amide bonds. The SMILES string of the molecule is CC(C)(C)c1cc(Cl)ccc1OCCNCc1ccccc1.O=C(O)C(=O)O. The summed E-state index contributed by atoms with van der Waals surface area (Å²) < 4.78 is 5.94. The molecule has 0 saturated carbocycles. The van der Waals surface area contributed by atoms with Crippen LogP contribution in [0.5, 0.6) is 5.75 Å². The fourth-order valence-corrected chi connectivity index (χ4v) is 2.45. The number of carboxylic acids is 2.